The fourth-order valence-corrected chi connectivity index (χ4v) is 1.19. The molecule has 0 fully saturated rings. The fourth-order valence-electron chi connectivity index (χ4n) is 1.19. The number of guanidine groups is 1. The molecule has 0 saturated carbocycles. The quantitative estimate of drug-likeness (QED) is 0.279. The average Bonchev–Trinajstić information content (AvgIpc) is 2.36. The van der Waals surface area contributed by atoms with Crippen LogP contribution in [0.2, 0.25) is 0 Å². The molecule has 0 aromatic heterocycles. The number of rotatable bonds is 9. The van der Waals surface area contributed by atoms with Crippen LogP contribution in [0.5, 0.6) is 0 Å². The van der Waals surface area contributed by atoms with E-state index in [0.29, 0.717) is 0 Å². The van der Waals surface area contributed by atoms with Gasteiger partial charge in [-0.3, -0.25) is 4.99 Å². The van der Waals surface area contributed by atoms with E-state index in [4.69, 9.17) is 4.74 Å². The maximum atomic E-state index is 4.95. The minimum atomic E-state index is 0.769. The van der Waals surface area contributed by atoms with Gasteiger partial charge in [0.2, 0.25) is 0 Å². The number of aliphatic imine (C=N–C) groups is 1. The van der Waals surface area contributed by atoms with Crippen molar-refractivity contribution in [3.8, 4) is 0 Å². The summed E-state index contributed by atoms with van der Waals surface area (Å²) in [6.07, 6.45) is 9.10. The second-order valence-corrected chi connectivity index (χ2v) is 3.55. The summed E-state index contributed by atoms with van der Waals surface area (Å²) in [7, 11) is 3.58. The number of allylic oxidation sites excluding steroid dienone is 1. The third kappa shape index (κ3) is 11.0. The third-order valence-corrected chi connectivity index (χ3v) is 2.12. The van der Waals surface area contributed by atoms with Gasteiger partial charge in [-0.2, -0.15) is 0 Å². The Kier molecular flexibility index (Phi) is 11.8. The summed E-state index contributed by atoms with van der Waals surface area (Å²) in [5.41, 5.74) is 0. The molecular formula is C13H25N3O. The maximum absolute atomic E-state index is 4.95. The summed E-state index contributed by atoms with van der Waals surface area (Å²) in [6, 6.07) is 0. The zero-order chi connectivity index (χ0) is 12.8. The van der Waals surface area contributed by atoms with Crippen LogP contribution in [0.1, 0.15) is 19.3 Å². The van der Waals surface area contributed by atoms with Crippen LogP contribution in [-0.2, 0) is 4.74 Å². The van der Waals surface area contributed by atoms with Crippen LogP contribution in [0.4, 0.5) is 0 Å². The average molecular weight is 239 g/mol. The van der Waals surface area contributed by atoms with Crippen LogP contribution in [-0.4, -0.2) is 39.8 Å². The zero-order valence-electron chi connectivity index (χ0n) is 11.0. The Morgan fingerprint density at radius 2 is 2.18 bits per heavy atom. The monoisotopic (exact) mass is 239 g/mol. The summed E-state index contributed by atoms with van der Waals surface area (Å²) in [6.45, 7) is 6.06. The molecule has 0 bridgehead atoms. The summed E-state index contributed by atoms with van der Waals surface area (Å²) >= 11 is 0. The molecule has 0 atom stereocenters. The summed E-state index contributed by atoms with van der Waals surface area (Å²) in [5.74, 6) is 0.838. The summed E-state index contributed by atoms with van der Waals surface area (Å²) < 4.78 is 4.95. The molecule has 0 spiro atoms. The fraction of sp³-hybridized carbons (Fsp3) is 0.615. The highest BCUT2D eigenvalue weighted by atomic mass is 16.5. The largest absolute Gasteiger partial charge is 0.384 e. The van der Waals surface area contributed by atoms with E-state index in [1.165, 1.54) is 0 Å². The van der Waals surface area contributed by atoms with Crippen LogP contribution < -0.4 is 10.6 Å². The Bertz CT molecular complexity index is 237. The number of hydrogen-bond acceptors (Lipinski definition) is 2. The van der Waals surface area contributed by atoms with Crippen molar-refractivity contribution >= 4 is 5.96 Å². The molecule has 0 amide bonds. The van der Waals surface area contributed by atoms with Crippen LogP contribution in [0, 0.1) is 0 Å². The van der Waals surface area contributed by atoms with Crippen molar-refractivity contribution in [1.82, 2.24) is 10.6 Å². The lowest BCUT2D eigenvalue weighted by molar-refractivity contribution is 0.204. The van der Waals surface area contributed by atoms with Crippen LogP contribution in [0.25, 0.3) is 0 Å². The van der Waals surface area contributed by atoms with Gasteiger partial charge in [0.1, 0.15) is 0 Å². The Morgan fingerprint density at radius 1 is 1.35 bits per heavy atom. The summed E-state index contributed by atoms with van der Waals surface area (Å²) in [4.78, 5) is 4.40. The van der Waals surface area contributed by atoms with Crippen molar-refractivity contribution in [1.29, 1.82) is 0 Å². The molecule has 0 radical (unpaired) electrons. The van der Waals surface area contributed by atoms with Gasteiger partial charge in [0, 0.05) is 33.9 Å². The van der Waals surface area contributed by atoms with Gasteiger partial charge in [-0.25, -0.2) is 0 Å². The third-order valence-electron chi connectivity index (χ3n) is 2.12. The van der Waals surface area contributed by atoms with E-state index in [1.54, 1.807) is 7.11 Å². The standard InChI is InChI=1S/C13H25N3O/c1-4-5-7-10-15-13(14-2)16-11-8-6-9-12-17-3/h4,6,8H,1,5,7,9-12H2,2-3H3,(H2,14,15,16)/b8-6-. The van der Waals surface area contributed by atoms with Gasteiger partial charge in [0.15, 0.2) is 5.96 Å². The minimum Gasteiger partial charge on any atom is -0.384 e. The van der Waals surface area contributed by atoms with E-state index < -0.39 is 0 Å². The van der Waals surface area contributed by atoms with Gasteiger partial charge in [0.25, 0.3) is 0 Å². The van der Waals surface area contributed by atoms with Crippen molar-refractivity contribution in [2.24, 2.45) is 4.99 Å². The van der Waals surface area contributed by atoms with Crippen LogP contribution in [0.15, 0.2) is 29.8 Å². The molecule has 0 unspecified atom stereocenters. The molecule has 0 aromatic rings. The Balaban J connectivity index is 3.65. The predicted molar refractivity (Wildman–Crippen MR) is 74.4 cm³/mol. The van der Waals surface area contributed by atoms with E-state index in [-0.39, 0.29) is 0 Å². The molecule has 17 heavy (non-hydrogen) atoms. The van der Waals surface area contributed by atoms with E-state index >= 15 is 0 Å². The van der Waals surface area contributed by atoms with Crippen LogP contribution >= 0.6 is 0 Å². The first-order valence-electron chi connectivity index (χ1n) is 6.06. The number of ether oxygens (including phenoxy) is 1. The van der Waals surface area contributed by atoms with E-state index in [0.717, 1.165) is 44.9 Å². The number of unbranched alkanes of at least 4 members (excludes halogenated alkanes) is 1. The predicted octanol–water partition coefficient (Wildman–Crippen LogP) is 1.71. The number of methoxy groups -OCH3 is 1. The topological polar surface area (TPSA) is 45.7 Å². The van der Waals surface area contributed by atoms with E-state index in [2.05, 4.69) is 34.4 Å². The molecule has 2 N–H and O–H groups in total. The smallest absolute Gasteiger partial charge is 0.191 e. The zero-order valence-corrected chi connectivity index (χ0v) is 11.0. The highest BCUT2D eigenvalue weighted by molar-refractivity contribution is 5.79. The lowest BCUT2D eigenvalue weighted by Crippen LogP contribution is -2.35. The maximum Gasteiger partial charge on any atom is 0.191 e. The molecule has 4 nitrogen and oxygen atoms in total. The van der Waals surface area contributed by atoms with E-state index in [1.807, 2.05) is 13.1 Å². The van der Waals surface area contributed by atoms with Gasteiger partial charge in [-0.15, -0.1) is 6.58 Å². The van der Waals surface area contributed by atoms with Crippen LogP contribution in [0.3, 0.4) is 0 Å². The molecule has 4 heteroatoms. The molecule has 0 aliphatic heterocycles. The molecule has 0 aliphatic rings. The first kappa shape index (κ1) is 15.7. The molecule has 0 aromatic carbocycles. The molecule has 0 aliphatic carbocycles. The SMILES string of the molecule is C=CCCC/N=C(/NC)NC/C=C\CCOC. The lowest BCUT2D eigenvalue weighted by atomic mass is 10.3. The molecule has 0 heterocycles. The molecular weight excluding hydrogens is 214 g/mol. The van der Waals surface area contributed by atoms with Gasteiger partial charge in [-0.1, -0.05) is 18.2 Å². The summed E-state index contributed by atoms with van der Waals surface area (Å²) in [5, 5.41) is 6.24. The first-order chi connectivity index (χ1) is 8.35. The Hall–Kier alpha value is -1.29. The van der Waals surface area contributed by atoms with E-state index in [9.17, 15) is 0 Å². The second-order valence-electron chi connectivity index (χ2n) is 3.55. The van der Waals surface area contributed by atoms with Crippen molar-refractivity contribution < 1.29 is 4.74 Å². The first-order valence-corrected chi connectivity index (χ1v) is 6.06. The molecule has 0 rings (SSSR count). The van der Waals surface area contributed by atoms with Gasteiger partial charge in [0.05, 0.1) is 0 Å². The van der Waals surface area contributed by atoms with Gasteiger partial charge >= 0.3 is 0 Å². The number of nitrogens with zero attached hydrogens (tertiary/aromatic N) is 1. The highest BCUT2D eigenvalue weighted by Gasteiger charge is 1.91. The number of hydrogen-bond donors (Lipinski definition) is 2. The Morgan fingerprint density at radius 3 is 2.82 bits per heavy atom. The number of nitrogens with one attached hydrogen (secondary N) is 2. The highest BCUT2D eigenvalue weighted by Crippen LogP contribution is 1.89. The lowest BCUT2D eigenvalue weighted by Gasteiger charge is -2.06. The van der Waals surface area contributed by atoms with Crippen molar-refractivity contribution in [3.63, 3.8) is 0 Å². The molecule has 98 valence electrons. The van der Waals surface area contributed by atoms with Crippen molar-refractivity contribution in [2.75, 3.05) is 33.9 Å². The molecule has 0 saturated heterocycles. The Labute approximate surface area is 105 Å². The van der Waals surface area contributed by atoms with Crippen molar-refractivity contribution in [3.05, 3.63) is 24.8 Å². The van der Waals surface area contributed by atoms with Crippen molar-refractivity contribution in [2.45, 2.75) is 19.3 Å². The normalized spacial score (nSPS) is 11.8. The van der Waals surface area contributed by atoms with Gasteiger partial charge in [-0.05, 0) is 19.3 Å². The minimum absolute atomic E-state index is 0.769. The second kappa shape index (κ2) is 12.8. The van der Waals surface area contributed by atoms with Gasteiger partial charge < -0.3 is 15.4 Å².